The van der Waals surface area contributed by atoms with Crippen molar-refractivity contribution in [1.29, 1.82) is 0 Å². The van der Waals surface area contributed by atoms with Crippen LogP contribution in [0.2, 0.25) is 0 Å². The first-order chi connectivity index (χ1) is 17.0. The highest BCUT2D eigenvalue weighted by Crippen LogP contribution is 2.42. The van der Waals surface area contributed by atoms with Gasteiger partial charge in [0.05, 0.1) is 5.60 Å². The molecule has 35 heavy (non-hydrogen) atoms. The molecule has 1 saturated heterocycles. The largest absolute Gasteiger partial charge is 0.483 e. The first kappa shape index (κ1) is 24.3. The molecule has 1 aliphatic heterocycles. The van der Waals surface area contributed by atoms with Crippen LogP contribution in [0.1, 0.15) is 37.0 Å². The second-order valence-corrected chi connectivity index (χ2v) is 11.1. The van der Waals surface area contributed by atoms with Crippen molar-refractivity contribution in [2.75, 3.05) is 33.9 Å². The summed E-state index contributed by atoms with van der Waals surface area (Å²) < 4.78 is 12.3. The second-order valence-electron chi connectivity index (χ2n) is 10.1. The first-order valence-corrected chi connectivity index (χ1v) is 13.7. The molecule has 1 spiro atoms. The zero-order chi connectivity index (χ0) is 24.3. The van der Waals surface area contributed by atoms with E-state index in [0.717, 1.165) is 68.2 Å². The van der Waals surface area contributed by atoms with E-state index in [9.17, 15) is 4.79 Å². The minimum atomic E-state index is -0.0122. The lowest BCUT2D eigenvalue weighted by molar-refractivity contribution is -0.139. The van der Waals surface area contributed by atoms with Crippen LogP contribution in [0.3, 0.4) is 0 Å². The Morgan fingerprint density at radius 2 is 1.94 bits per heavy atom. The maximum Gasteiger partial charge on any atom is 0.260 e. The zero-order valence-corrected chi connectivity index (χ0v) is 21.6. The number of rotatable bonds is 8. The smallest absolute Gasteiger partial charge is 0.260 e. The van der Waals surface area contributed by atoms with Crippen molar-refractivity contribution >= 4 is 28.0 Å². The fourth-order valence-corrected chi connectivity index (χ4v) is 6.59. The molecule has 0 N–H and O–H groups in total. The van der Waals surface area contributed by atoms with Gasteiger partial charge in [-0.05, 0) is 68.5 Å². The van der Waals surface area contributed by atoms with Crippen molar-refractivity contribution in [1.82, 2.24) is 9.80 Å². The number of thiophene rings is 1. The number of amides is 1. The van der Waals surface area contributed by atoms with Gasteiger partial charge in [0.2, 0.25) is 0 Å². The minimum Gasteiger partial charge on any atom is -0.483 e. The second kappa shape index (κ2) is 10.7. The number of hydrogen-bond acceptors (Lipinski definition) is 5. The Kier molecular flexibility index (Phi) is 7.42. The molecule has 1 aromatic heterocycles. The maximum atomic E-state index is 13.3. The van der Waals surface area contributed by atoms with Gasteiger partial charge in [-0.1, -0.05) is 42.5 Å². The summed E-state index contributed by atoms with van der Waals surface area (Å²) >= 11 is 1.82. The van der Waals surface area contributed by atoms with Gasteiger partial charge in [0.1, 0.15) is 5.75 Å². The third kappa shape index (κ3) is 5.40. The third-order valence-corrected chi connectivity index (χ3v) is 8.89. The Bertz CT molecular complexity index is 1120. The average Bonchev–Trinajstić information content (AvgIpc) is 3.58. The molecule has 5 rings (SSSR count). The molecule has 2 heterocycles. The molecule has 2 fully saturated rings. The molecule has 1 saturated carbocycles. The highest BCUT2D eigenvalue weighted by molar-refractivity contribution is 7.09. The lowest BCUT2D eigenvalue weighted by atomic mass is 9.76. The molecule has 0 bridgehead atoms. The number of benzene rings is 2. The predicted molar refractivity (Wildman–Crippen MR) is 142 cm³/mol. The maximum absolute atomic E-state index is 13.3. The number of hydrogen-bond donors (Lipinski definition) is 0. The van der Waals surface area contributed by atoms with Gasteiger partial charge in [-0.25, -0.2) is 0 Å². The number of fused-ring (bicyclic) bond motifs is 1. The van der Waals surface area contributed by atoms with E-state index < -0.39 is 0 Å². The van der Waals surface area contributed by atoms with E-state index in [2.05, 4.69) is 41.6 Å². The predicted octanol–water partition coefficient (Wildman–Crippen LogP) is 5.38. The van der Waals surface area contributed by atoms with Crippen molar-refractivity contribution in [3.8, 4) is 5.75 Å². The van der Waals surface area contributed by atoms with Crippen LogP contribution in [-0.4, -0.2) is 67.2 Å². The molecule has 3 aromatic rings. The topological polar surface area (TPSA) is 42.0 Å². The third-order valence-electron chi connectivity index (χ3n) is 7.95. The van der Waals surface area contributed by atoms with Gasteiger partial charge in [-0.3, -0.25) is 4.79 Å². The summed E-state index contributed by atoms with van der Waals surface area (Å²) in [5, 5.41) is 4.30. The van der Waals surface area contributed by atoms with E-state index in [1.165, 1.54) is 4.88 Å². The molecule has 6 heteroatoms. The van der Waals surface area contributed by atoms with Crippen LogP contribution in [0.15, 0.2) is 60.0 Å². The number of likely N-dealkylation sites (N-methyl/N-ethyl adjacent to an activating group) is 2. The Morgan fingerprint density at radius 1 is 1.09 bits per heavy atom. The Balaban J connectivity index is 1.27. The summed E-state index contributed by atoms with van der Waals surface area (Å²) in [7, 11) is 4.16. The standard InChI is InChI=1S/C29H36N2O3S/c1-30(17-14-23-10-6-19-35-23)26-20-29(15-7-18-34-29)16-13-25(26)31(2)28(32)21-33-27-12-5-9-22-8-3-4-11-24(22)27/h3-6,8-12,19,25-26H,7,13-18,20-21H2,1-2H3/t25-,26-,29-/m0/s1. The van der Waals surface area contributed by atoms with Crippen molar-refractivity contribution in [2.24, 2.45) is 0 Å². The highest BCUT2D eigenvalue weighted by atomic mass is 32.1. The van der Waals surface area contributed by atoms with Crippen LogP contribution in [0.5, 0.6) is 5.75 Å². The molecule has 1 aliphatic carbocycles. The van der Waals surface area contributed by atoms with Crippen molar-refractivity contribution in [3.63, 3.8) is 0 Å². The highest BCUT2D eigenvalue weighted by Gasteiger charge is 2.46. The van der Waals surface area contributed by atoms with Crippen molar-refractivity contribution in [3.05, 3.63) is 64.9 Å². The molecule has 0 unspecified atom stereocenters. The summed E-state index contributed by atoms with van der Waals surface area (Å²) in [6.07, 6.45) is 6.29. The fraction of sp³-hybridized carbons (Fsp3) is 0.483. The summed E-state index contributed by atoms with van der Waals surface area (Å²) in [5.41, 5.74) is -0.0122. The normalized spacial score (nSPS) is 24.3. The van der Waals surface area contributed by atoms with Crippen LogP contribution in [0.25, 0.3) is 10.8 Å². The molecule has 2 aromatic carbocycles. The van der Waals surface area contributed by atoms with Gasteiger partial charge in [0, 0.05) is 42.5 Å². The number of ether oxygens (including phenoxy) is 2. The van der Waals surface area contributed by atoms with Gasteiger partial charge in [-0.15, -0.1) is 11.3 Å². The summed E-state index contributed by atoms with van der Waals surface area (Å²) in [6, 6.07) is 18.9. The zero-order valence-electron chi connectivity index (χ0n) is 20.8. The minimum absolute atomic E-state index is 0.0122. The Hall–Kier alpha value is -2.41. The van der Waals surface area contributed by atoms with E-state index in [-0.39, 0.29) is 30.2 Å². The van der Waals surface area contributed by atoms with Crippen molar-refractivity contribution in [2.45, 2.75) is 56.2 Å². The fourth-order valence-electron chi connectivity index (χ4n) is 5.89. The SMILES string of the molecule is CN(CCc1cccs1)[C@H]1C[C@]2(CCCO2)CC[C@@H]1N(C)C(=O)COc1cccc2ccccc12. The van der Waals surface area contributed by atoms with Gasteiger partial charge < -0.3 is 19.3 Å². The van der Waals surface area contributed by atoms with Crippen LogP contribution < -0.4 is 4.74 Å². The lowest BCUT2D eigenvalue weighted by Gasteiger charge is -2.48. The van der Waals surface area contributed by atoms with Crippen LogP contribution in [0.4, 0.5) is 0 Å². The first-order valence-electron chi connectivity index (χ1n) is 12.8. The monoisotopic (exact) mass is 492 g/mol. The molecule has 0 radical (unpaired) electrons. The summed E-state index contributed by atoms with van der Waals surface area (Å²) in [5.74, 6) is 0.791. The molecular weight excluding hydrogens is 456 g/mol. The summed E-state index contributed by atoms with van der Waals surface area (Å²) in [4.78, 5) is 19.1. The van der Waals surface area contributed by atoms with Crippen molar-refractivity contribution < 1.29 is 14.3 Å². The van der Waals surface area contributed by atoms with E-state index in [0.29, 0.717) is 0 Å². The van der Waals surface area contributed by atoms with Crippen LogP contribution in [-0.2, 0) is 16.0 Å². The molecule has 186 valence electrons. The Morgan fingerprint density at radius 3 is 2.74 bits per heavy atom. The number of carbonyl (C=O) groups is 1. The van der Waals surface area contributed by atoms with Gasteiger partial charge in [0.25, 0.3) is 5.91 Å². The van der Waals surface area contributed by atoms with E-state index in [1.807, 2.05) is 53.6 Å². The quantitative estimate of drug-likeness (QED) is 0.423. The summed E-state index contributed by atoms with van der Waals surface area (Å²) in [6.45, 7) is 1.89. The molecular formula is C29H36N2O3S. The van der Waals surface area contributed by atoms with E-state index in [1.54, 1.807) is 0 Å². The molecule has 5 nitrogen and oxygen atoms in total. The van der Waals surface area contributed by atoms with E-state index in [4.69, 9.17) is 9.47 Å². The van der Waals surface area contributed by atoms with Crippen LogP contribution in [0, 0.1) is 0 Å². The molecule has 2 aliphatic rings. The average molecular weight is 493 g/mol. The molecule has 1 amide bonds. The lowest BCUT2D eigenvalue weighted by Crippen LogP contribution is -2.58. The van der Waals surface area contributed by atoms with Gasteiger partial charge in [0.15, 0.2) is 6.61 Å². The number of nitrogens with zero attached hydrogens (tertiary/aromatic N) is 2. The molecule has 3 atom stereocenters. The number of carbonyl (C=O) groups excluding carboxylic acids is 1. The van der Waals surface area contributed by atoms with Gasteiger partial charge in [-0.2, -0.15) is 0 Å². The van der Waals surface area contributed by atoms with Gasteiger partial charge >= 0.3 is 0 Å². The van der Waals surface area contributed by atoms with Crippen LogP contribution >= 0.6 is 11.3 Å². The Labute approximate surface area is 212 Å². The van der Waals surface area contributed by atoms with E-state index >= 15 is 0 Å².